The van der Waals surface area contributed by atoms with Crippen LogP contribution in [0.4, 0.5) is 0 Å². The second kappa shape index (κ2) is 8.45. The van der Waals surface area contributed by atoms with Crippen LogP contribution < -0.4 is 5.32 Å². The van der Waals surface area contributed by atoms with Crippen molar-refractivity contribution in [2.75, 3.05) is 19.6 Å². The van der Waals surface area contributed by atoms with Crippen LogP contribution in [0.1, 0.15) is 24.0 Å². The monoisotopic (exact) mass is 369 g/mol. The summed E-state index contributed by atoms with van der Waals surface area (Å²) in [6, 6.07) is 18.3. The molecule has 136 valence electrons. The number of piperidine rings is 1. The Morgan fingerprint density at radius 3 is 2.31 bits per heavy atom. The number of rotatable bonds is 6. The van der Waals surface area contributed by atoms with Gasteiger partial charge in [-0.1, -0.05) is 30.3 Å². The maximum absolute atomic E-state index is 12.6. The van der Waals surface area contributed by atoms with E-state index in [0.29, 0.717) is 29.5 Å². The normalized spacial score (nSPS) is 16.3. The highest BCUT2D eigenvalue weighted by Crippen LogP contribution is 2.23. The average molecular weight is 369 g/mol. The smallest absolute Gasteiger partial charge is 0.243 e. The molecule has 1 aliphatic rings. The number of nitrogens with zero attached hydrogens (tertiary/aromatic N) is 2. The summed E-state index contributed by atoms with van der Waals surface area (Å²) in [6.07, 6.45) is 1.73. The molecule has 1 aliphatic heterocycles. The second-order valence-corrected chi connectivity index (χ2v) is 8.54. The first-order valence-electron chi connectivity index (χ1n) is 8.84. The molecule has 1 heterocycles. The topological polar surface area (TPSA) is 73.2 Å². The third-order valence-corrected chi connectivity index (χ3v) is 6.71. The van der Waals surface area contributed by atoms with Crippen molar-refractivity contribution in [3.05, 3.63) is 65.7 Å². The van der Waals surface area contributed by atoms with E-state index >= 15 is 0 Å². The Labute approximate surface area is 155 Å². The Morgan fingerprint density at radius 1 is 1.04 bits per heavy atom. The van der Waals surface area contributed by atoms with Crippen LogP contribution >= 0.6 is 0 Å². The highest BCUT2D eigenvalue weighted by Gasteiger charge is 2.28. The van der Waals surface area contributed by atoms with E-state index in [-0.39, 0.29) is 0 Å². The maximum atomic E-state index is 12.6. The highest BCUT2D eigenvalue weighted by molar-refractivity contribution is 7.89. The predicted molar refractivity (Wildman–Crippen MR) is 101 cm³/mol. The van der Waals surface area contributed by atoms with Crippen molar-refractivity contribution in [1.82, 2.24) is 9.62 Å². The quantitative estimate of drug-likeness (QED) is 0.850. The van der Waals surface area contributed by atoms with Gasteiger partial charge < -0.3 is 5.32 Å². The first-order chi connectivity index (χ1) is 12.6. The Bertz CT molecular complexity index is 850. The van der Waals surface area contributed by atoms with Crippen LogP contribution in [0.2, 0.25) is 0 Å². The van der Waals surface area contributed by atoms with Crippen LogP contribution in [0.5, 0.6) is 0 Å². The van der Waals surface area contributed by atoms with Gasteiger partial charge >= 0.3 is 0 Å². The zero-order valence-corrected chi connectivity index (χ0v) is 15.5. The van der Waals surface area contributed by atoms with Crippen molar-refractivity contribution >= 4 is 10.0 Å². The molecule has 0 bridgehead atoms. The molecule has 0 unspecified atom stereocenters. The number of benzene rings is 2. The van der Waals surface area contributed by atoms with Gasteiger partial charge in [0.25, 0.3) is 0 Å². The number of hydrogen-bond donors (Lipinski definition) is 1. The van der Waals surface area contributed by atoms with E-state index in [4.69, 9.17) is 5.26 Å². The number of nitrogens with one attached hydrogen (secondary N) is 1. The lowest BCUT2D eigenvalue weighted by Crippen LogP contribution is -2.40. The van der Waals surface area contributed by atoms with Crippen LogP contribution in [0.3, 0.4) is 0 Å². The molecule has 6 heteroatoms. The summed E-state index contributed by atoms with van der Waals surface area (Å²) < 4.78 is 26.9. The van der Waals surface area contributed by atoms with Crippen LogP contribution in [-0.4, -0.2) is 32.4 Å². The number of nitriles is 1. The van der Waals surface area contributed by atoms with Gasteiger partial charge in [-0.25, -0.2) is 8.42 Å². The van der Waals surface area contributed by atoms with E-state index in [1.807, 2.05) is 30.3 Å². The molecule has 2 aromatic rings. The zero-order chi connectivity index (χ0) is 18.4. The van der Waals surface area contributed by atoms with E-state index in [2.05, 4.69) is 11.4 Å². The minimum atomic E-state index is -3.37. The molecule has 1 fully saturated rings. The number of sulfonamides is 1. The second-order valence-electron chi connectivity index (χ2n) is 6.60. The zero-order valence-electron chi connectivity index (χ0n) is 14.6. The Hall–Kier alpha value is -2.20. The molecule has 1 N–H and O–H groups in total. The molecule has 0 atom stereocenters. The fourth-order valence-electron chi connectivity index (χ4n) is 3.21. The molecular weight excluding hydrogens is 346 g/mol. The van der Waals surface area contributed by atoms with Gasteiger partial charge in [0.15, 0.2) is 0 Å². The minimum Gasteiger partial charge on any atom is -0.312 e. The van der Waals surface area contributed by atoms with Crippen molar-refractivity contribution in [1.29, 1.82) is 5.26 Å². The third kappa shape index (κ3) is 4.50. The van der Waals surface area contributed by atoms with Gasteiger partial charge in [0.05, 0.1) is 16.5 Å². The lowest BCUT2D eigenvalue weighted by atomic mass is 9.98. The van der Waals surface area contributed by atoms with Gasteiger partial charge in [-0.15, -0.1) is 0 Å². The molecule has 5 nitrogen and oxygen atoms in total. The van der Waals surface area contributed by atoms with Gasteiger partial charge in [-0.3, -0.25) is 0 Å². The SMILES string of the molecule is N#Cc1ccc(CNCC2CCN(S(=O)(=O)c3ccccc3)CC2)cc1. The van der Waals surface area contributed by atoms with E-state index < -0.39 is 10.0 Å². The van der Waals surface area contributed by atoms with Gasteiger partial charge in [-0.2, -0.15) is 9.57 Å². The standard InChI is InChI=1S/C20H23N3O2S/c21-14-17-6-8-18(9-7-17)15-22-16-19-10-12-23(13-11-19)26(24,25)20-4-2-1-3-5-20/h1-9,19,22H,10-13,15-16H2. The van der Waals surface area contributed by atoms with Crippen LogP contribution in [0.25, 0.3) is 0 Å². The lowest BCUT2D eigenvalue weighted by Gasteiger charge is -2.31. The summed E-state index contributed by atoms with van der Waals surface area (Å²) in [6.45, 7) is 2.77. The van der Waals surface area contributed by atoms with Gasteiger partial charge in [0.2, 0.25) is 10.0 Å². The molecular formula is C20H23N3O2S. The third-order valence-electron chi connectivity index (χ3n) is 4.80. The summed E-state index contributed by atoms with van der Waals surface area (Å²) in [7, 11) is -3.37. The van der Waals surface area contributed by atoms with E-state index in [0.717, 1.165) is 31.5 Å². The molecule has 1 saturated heterocycles. The van der Waals surface area contributed by atoms with E-state index in [9.17, 15) is 8.42 Å². The molecule has 26 heavy (non-hydrogen) atoms. The molecule has 0 saturated carbocycles. The Kier molecular flexibility index (Phi) is 6.04. The fourth-order valence-corrected chi connectivity index (χ4v) is 4.70. The van der Waals surface area contributed by atoms with Crippen molar-refractivity contribution in [2.24, 2.45) is 5.92 Å². The van der Waals surface area contributed by atoms with Gasteiger partial charge in [-0.05, 0) is 55.1 Å². The Balaban J connectivity index is 1.46. The molecule has 0 radical (unpaired) electrons. The Morgan fingerprint density at radius 2 is 1.69 bits per heavy atom. The molecule has 0 aliphatic carbocycles. The van der Waals surface area contributed by atoms with Crippen LogP contribution in [0, 0.1) is 17.2 Å². The van der Waals surface area contributed by atoms with Gasteiger partial charge in [0, 0.05) is 19.6 Å². The van der Waals surface area contributed by atoms with Crippen molar-refractivity contribution in [3.8, 4) is 6.07 Å². The largest absolute Gasteiger partial charge is 0.312 e. The van der Waals surface area contributed by atoms with Crippen molar-refractivity contribution in [2.45, 2.75) is 24.3 Å². The summed E-state index contributed by atoms with van der Waals surface area (Å²) in [5.74, 6) is 0.482. The van der Waals surface area contributed by atoms with E-state index in [1.54, 1.807) is 28.6 Å². The van der Waals surface area contributed by atoms with Crippen LogP contribution in [0.15, 0.2) is 59.5 Å². The molecule has 0 spiro atoms. The fraction of sp³-hybridized carbons (Fsp3) is 0.350. The average Bonchev–Trinajstić information content (AvgIpc) is 2.69. The first kappa shape index (κ1) is 18.6. The predicted octanol–water partition coefficient (Wildman–Crippen LogP) is 2.75. The summed E-state index contributed by atoms with van der Waals surface area (Å²) in [5.41, 5.74) is 1.81. The summed E-state index contributed by atoms with van der Waals surface area (Å²) in [4.78, 5) is 0.373. The highest BCUT2D eigenvalue weighted by atomic mass is 32.2. The summed E-state index contributed by atoms with van der Waals surface area (Å²) in [5, 5.41) is 12.3. The van der Waals surface area contributed by atoms with Gasteiger partial charge in [0.1, 0.15) is 0 Å². The summed E-state index contributed by atoms with van der Waals surface area (Å²) >= 11 is 0. The van der Waals surface area contributed by atoms with Crippen molar-refractivity contribution < 1.29 is 8.42 Å². The van der Waals surface area contributed by atoms with E-state index in [1.165, 1.54) is 0 Å². The molecule has 3 rings (SSSR count). The van der Waals surface area contributed by atoms with Crippen molar-refractivity contribution in [3.63, 3.8) is 0 Å². The number of hydrogen-bond acceptors (Lipinski definition) is 4. The lowest BCUT2D eigenvalue weighted by molar-refractivity contribution is 0.267. The molecule has 0 amide bonds. The maximum Gasteiger partial charge on any atom is 0.243 e. The molecule has 0 aromatic heterocycles. The molecule has 2 aromatic carbocycles. The minimum absolute atomic E-state index is 0.373. The first-order valence-corrected chi connectivity index (χ1v) is 10.3. The van der Waals surface area contributed by atoms with Crippen LogP contribution in [-0.2, 0) is 16.6 Å².